The zero-order valence-corrected chi connectivity index (χ0v) is 16.5. The van der Waals surface area contributed by atoms with E-state index in [1.165, 1.54) is 11.3 Å². The molecule has 0 saturated heterocycles. The van der Waals surface area contributed by atoms with E-state index in [0.29, 0.717) is 0 Å². The molecule has 5 heteroatoms. The fraction of sp³-hybridized carbons (Fsp3) is 0.190. The summed E-state index contributed by atoms with van der Waals surface area (Å²) in [7, 11) is 4.10. The van der Waals surface area contributed by atoms with Crippen LogP contribution in [-0.2, 0) is 13.1 Å². The van der Waals surface area contributed by atoms with Crippen molar-refractivity contribution in [1.29, 1.82) is 0 Å². The Balaban J connectivity index is 1.53. The number of benzene rings is 2. The van der Waals surface area contributed by atoms with E-state index >= 15 is 0 Å². The van der Waals surface area contributed by atoms with E-state index in [2.05, 4.69) is 106 Å². The molecule has 1 aliphatic heterocycles. The molecular formula is C21H21BrN4. The molecule has 0 fully saturated rings. The molecule has 1 N–H and O–H groups in total. The van der Waals surface area contributed by atoms with Gasteiger partial charge in [-0.3, -0.25) is 0 Å². The van der Waals surface area contributed by atoms with Crippen LogP contribution in [0.3, 0.4) is 0 Å². The van der Waals surface area contributed by atoms with Crippen LogP contribution in [-0.4, -0.2) is 29.0 Å². The fourth-order valence-electron chi connectivity index (χ4n) is 3.11. The Morgan fingerprint density at radius 2 is 1.96 bits per heavy atom. The topological polar surface area (TPSA) is 35.2 Å². The third-order valence-electron chi connectivity index (χ3n) is 4.55. The molecule has 4 rings (SSSR count). The molecule has 0 aliphatic carbocycles. The molecule has 3 aromatic rings. The molecule has 0 radical (unpaired) electrons. The van der Waals surface area contributed by atoms with Crippen molar-refractivity contribution in [1.82, 2.24) is 14.9 Å². The van der Waals surface area contributed by atoms with Gasteiger partial charge in [0.2, 0.25) is 0 Å². The Morgan fingerprint density at radius 1 is 1.15 bits per heavy atom. The highest BCUT2D eigenvalue weighted by Gasteiger charge is 2.16. The van der Waals surface area contributed by atoms with Crippen molar-refractivity contribution in [2.45, 2.75) is 13.1 Å². The number of aromatic amines is 1. The van der Waals surface area contributed by atoms with E-state index in [0.717, 1.165) is 40.3 Å². The second-order valence-electron chi connectivity index (χ2n) is 6.74. The second-order valence-corrected chi connectivity index (χ2v) is 7.66. The van der Waals surface area contributed by atoms with Crippen LogP contribution in [0.5, 0.6) is 0 Å². The molecule has 0 unspecified atom stereocenters. The summed E-state index contributed by atoms with van der Waals surface area (Å²) >= 11 is 3.49. The van der Waals surface area contributed by atoms with E-state index in [-0.39, 0.29) is 0 Å². The Morgan fingerprint density at radius 3 is 2.73 bits per heavy atom. The third kappa shape index (κ3) is 3.53. The van der Waals surface area contributed by atoms with Gasteiger partial charge in [-0.05, 0) is 35.9 Å². The summed E-state index contributed by atoms with van der Waals surface area (Å²) < 4.78 is 1.11. The molecule has 132 valence electrons. The van der Waals surface area contributed by atoms with Crippen LogP contribution >= 0.6 is 15.9 Å². The average molecular weight is 409 g/mol. The summed E-state index contributed by atoms with van der Waals surface area (Å²) in [5.41, 5.74) is 5.76. The van der Waals surface area contributed by atoms with E-state index < -0.39 is 0 Å². The van der Waals surface area contributed by atoms with E-state index in [1.807, 2.05) is 0 Å². The Bertz CT molecular complexity index is 941. The van der Waals surface area contributed by atoms with Gasteiger partial charge in [-0.2, -0.15) is 0 Å². The maximum absolute atomic E-state index is 4.78. The standard InChI is InChI=1S/C21H21BrN4/c1-25(2)18-5-3-4-16(12-18)21-23-19-10-11-26(14-20(19)24-21)13-15-6-8-17(22)9-7-15/h3-12H,13-14H2,1-2H3,(H,23,24). The minimum absolute atomic E-state index is 0.836. The predicted molar refractivity (Wildman–Crippen MR) is 111 cm³/mol. The van der Waals surface area contributed by atoms with Gasteiger partial charge in [0.05, 0.1) is 17.9 Å². The Hall–Kier alpha value is -2.53. The Labute approximate surface area is 162 Å². The molecular weight excluding hydrogens is 388 g/mol. The van der Waals surface area contributed by atoms with Gasteiger partial charge in [0, 0.05) is 42.6 Å². The summed E-state index contributed by atoms with van der Waals surface area (Å²) in [4.78, 5) is 12.7. The molecule has 4 nitrogen and oxygen atoms in total. The number of nitrogens with zero attached hydrogens (tertiary/aromatic N) is 3. The van der Waals surface area contributed by atoms with Crippen molar-refractivity contribution in [2.75, 3.05) is 19.0 Å². The van der Waals surface area contributed by atoms with E-state index in [9.17, 15) is 0 Å². The summed E-state index contributed by atoms with van der Waals surface area (Å²) in [6.45, 7) is 1.72. The van der Waals surface area contributed by atoms with Gasteiger partial charge in [-0.25, -0.2) is 4.98 Å². The maximum Gasteiger partial charge on any atom is 0.138 e. The second kappa shape index (κ2) is 7.00. The number of rotatable bonds is 4. The SMILES string of the molecule is CN(C)c1cccc(-c2nc3c([nH]2)CN(Cc2ccc(Br)cc2)C=C3)c1. The van der Waals surface area contributed by atoms with Crippen molar-refractivity contribution in [3.63, 3.8) is 0 Å². The van der Waals surface area contributed by atoms with Crippen LogP contribution < -0.4 is 4.90 Å². The van der Waals surface area contributed by atoms with Crippen molar-refractivity contribution in [3.05, 3.63) is 76.2 Å². The molecule has 2 heterocycles. The van der Waals surface area contributed by atoms with Gasteiger partial charge >= 0.3 is 0 Å². The van der Waals surface area contributed by atoms with Crippen LogP contribution in [0, 0.1) is 0 Å². The molecule has 1 aromatic heterocycles. The lowest BCUT2D eigenvalue weighted by Gasteiger charge is -2.23. The maximum atomic E-state index is 4.78. The van der Waals surface area contributed by atoms with Gasteiger partial charge in [0.25, 0.3) is 0 Å². The average Bonchev–Trinajstić information content (AvgIpc) is 3.07. The molecule has 1 aliphatic rings. The fourth-order valence-corrected chi connectivity index (χ4v) is 3.38. The number of anilines is 1. The van der Waals surface area contributed by atoms with Crippen molar-refractivity contribution in [3.8, 4) is 11.4 Å². The Kier molecular flexibility index (Phi) is 4.55. The quantitative estimate of drug-likeness (QED) is 0.666. The number of nitrogens with one attached hydrogen (secondary N) is 1. The summed E-state index contributed by atoms with van der Waals surface area (Å²) in [5, 5.41) is 0. The van der Waals surface area contributed by atoms with Crippen LogP contribution in [0.25, 0.3) is 17.5 Å². The monoisotopic (exact) mass is 408 g/mol. The third-order valence-corrected chi connectivity index (χ3v) is 5.08. The molecule has 0 atom stereocenters. The lowest BCUT2D eigenvalue weighted by Crippen LogP contribution is -2.19. The number of hydrogen-bond acceptors (Lipinski definition) is 3. The van der Waals surface area contributed by atoms with Gasteiger partial charge < -0.3 is 14.8 Å². The highest BCUT2D eigenvalue weighted by atomic mass is 79.9. The predicted octanol–water partition coefficient (Wildman–Crippen LogP) is 4.89. The van der Waals surface area contributed by atoms with Gasteiger partial charge in [0.1, 0.15) is 5.82 Å². The normalized spacial score (nSPS) is 13.0. The number of fused-ring (bicyclic) bond motifs is 1. The summed E-state index contributed by atoms with van der Waals surface area (Å²) in [5.74, 6) is 0.925. The number of hydrogen-bond donors (Lipinski definition) is 1. The van der Waals surface area contributed by atoms with Crippen molar-refractivity contribution >= 4 is 27.7 Å². The first-order chi connectivity index (χ1) is 12.6. The summed E-state index contributed by atoms with van der Waals surface area (Å²) in [6, 6.07) is 16.9. The van der Waals surface area contributed by atoms with Gasteiger partial charge in [-0.15, -0.1) is 0 Å². The first kappa shape index (κ1) is 16.9. The zero-order valence-electron chi connectivity index (χ0n) is 14.9. The number of imidazole rings is 1. The van der Waals surface area contributed by atoms with Gasteiger partial charge in [0.15, 0.2) is 0 Å². The molecule has 0 saturated carbocycles. The molecule has 26 heavy (non-hydrogen) atoms. The van der Waals surface area contributed by atoms with Crippen LogP contribution in [0.15, 0.2) is 59.2 Å². The number of halogens is 1. The largest absolute Gasteiger partial charge is 0.378 e. The van der Waals surface area contributed by atoms with Crippen LogP contribution in [0.2, 0.25) is 0 Å². The summed E-state index contributed by atoms with van der Waals surface area (Å²) in [6.07, 6.45) is 4.22. The smallest absolute Gasteiger partial charge is 0.138 e. The number of H-pyrrole nitrogens is 1. The first-order valence-corrected chi connectivity index (χ1v) is 9.41. The molecule has 2 aromatic carbocycles. The molecule has 0 spiro atoms. The molecule has 0 bridgehead atoms. The minimum Gasteiger partial charge on any atom is -0.378 e. The van der Waals surface area contributed by atoms with E-state index in [1.54, 1.807) is 0 Å². The molecule has 0 amide bonds. The van der Waals surface area contributed by atoms with Crippen molar-refractivity contribution in [2.24, 2.45) is 0 Å². The van der Waals surface area contributed by atoms with Crippen LogP contribution in [0.1, 0.15) is 17.0 Å². The first-order valence-electron chi connectivity index (χ1n) is 8.62. The lowest BCUT2D eigenvalue weighted by molar-refractivity contribution is 0.355. The van der Waals surface area contributed by atoms with Crippen LogP contribution in [0.4, 0.5) is 5.69 Å². The highest BCUT2D eigenvalue weighted by Crippen LogP contribution is 2.26. The zero-order chi connectivity index (χ0) is 18.1. The van der Waals surface area contributed by atoms with Crippen molar-refractivity contribution < 1.29 is 0 Å². The highest BCUT2D eigenvalue weighted by molar-refractivity contribution is 9.10. The lowest BCUT2D eigenvalue weighted by atomic mass is 10.2. The number of aromatic nitrogens is 2. The van der Waals surface area contributed by atoms with E-state index in [4.69, 9.17) is 4.98 Å². The van der Waals surface area contributed by atoms with Gasteiger partial charge in [-0.1, -0.05) is 40.2 Å². The minimum atomic E-state index is 0.836.